The van der Waals surface area contributed by atoms with E-state index in [1.54, 1.807) is 0 Å². The van der Waals surface area contributed by atoms with Crippen molar-refractivity contribution in [2.45, 2.75) is 52.5 Å². The topological polar surface area (TPSA) is 54.9 Å². The number of benzene rings is 1. The Morgan fingerprint density at radius 2 is 2.08 bits per heavy atom. The summed E-state index contributed by atoms with van der Waals surface area (Å²) in [7, 11) is 0. The molecule has 1 atom stereocenters. The number of fused-ring (bicyclic) bond motifs is 1. The largest absolute Gasteiger partial charge is 0.302 e. The summed E-state index contributed by atoms with van der Waals surface area (Å²) < 4.78 is 1.43. The second-order valence-electron chi connectivity index (χ2n) is 7.23. The molecule has 0 radical (unpaired) electrons. The normalized spacial score (nSPS) is 19.1. The van der Waals surface area contributed by atoms with Crippen LogP contribution < -0.4 is 5.56 Å². The lowest BCUT2D eigenvalue weighted by Gasteiger charge is -2.37. The van der Waals surface area contributed by atoms with Crippen LogP contribution in [0.25, 0.3) is 0 Å². The summed E-state index contributed by atoms with van der Waals surface area (Å²) >= 11 is 6.74. The van der Waals surface area contributed by atoms with Crippen LogP contribution in [0.4, 0.5) is 0 Å². The van der Waals surface area contributed by atoms with Crippen molar-refractivity contribution in [2.75, 3.05) is 0 Å². The molecule has 1 N–H and O–H groups in total. The summed E-state index contributed by atoms with van der Waals surface area (Å²) in [6.07, 6.45) is 3.49. The maximum absolute atomic E-state index is 12.9. The molecule has 3 rings (SSSR count). The molecule has 0 bridgehead atoms. The lowest BCUT2D eigenvalue weighted by atomic mass is 9.72. The highest BCUT2D eigenvalue weighted by Crippen LogP contribution is 2.49. The van der Waals surface area contributed by atoms with E-state index in [0.29, 0.717) is 12.1 Å². The van der Waals surface area contributed by atoms with Crippen molar-refractivity contribution in [2.24, 2.45) is 5.41 Å². The standard InChI is InChI=1S/C19H23ClN2O2/c1-5-22-18(24)14(10-21-22)16(23)13-7-6-12-8-9-19(3,4)17(20)15(12)11(13)2/h6-7,10,17,21H,5,8-9H2,1-4H3. The molecule has 1 aliphatic rings. The summed E-state index contributed by atoms with van der Waals surface area (Å²) in [5, 5.41) is 2.70. The quantitative estimate of drug-likeness (QED) is 0.675. The number of aromatic nitrogens is 2. The molecule has 2 aromatic rings. The number of hydrogen-bond acceptors (Lipinski definition) is 2. The Morgan fingerprint density at radius 1 is 1.38 bits per heavy atom. The molecule has 1 aromatic carbocycles. The smallest absolute Gasteiger partial charge is 0.277 e. The Morgan fingerprint density at radius 3 is 2.71 bits per heavy atom. The highest BCUT2D eigenvalue weighted by molar-refractivity contribution is 6.22. The predicted molar refractivity (Wildman–Crippen MR) is 96.0 cm³/mol. The van der Waals surface area contributed by atoms with E-state index >= 15 is 0 Å². The number of nitrogens with one attached hydrogen (secondary N) is 1. The van der Waals surface area contributed by atoms with Crippen LogP contribution in [0.2, 0.25) is 0 Å². The number of H-pyrrole nitrogens is 1. The van der Waals surface area contributed by atoms with Crippen LogP contribution in [0.5, 0.6) is 0 Å². The summed E-state index contributed by atoms with van der Waals surface area (Å²) in [5.41, 5.74) is 3.63. The van der Waals surface area contributed by atoms with Crippen molar-refractivity contribution in [3.05, 3.63) is 56.5 Å². The van der Waals surface area contributed by atoms with Crippen molar-refractivity contribution in [3.8, 4) is 0 Å². The number of aromatic amines is 1. The van der Waals surface area contributed by atoms with Gasteiger partial charge in [0.1, 0.15) is 5.56 Å². The Balaban J connectivity index is 2.10. The van der Waals surface area contributed by atoms with Gasteiger partial charge < -0.3 is 5.10 Å². The maximum Gasteiger partial charge on any atom is 0.277 e. The Kier molecular flexibility index (Phi) is 4.20. The number of carbonyl (C=O) groups is 1. The molecule has 1 aromatic heterocycles. The Labute approximate surface area is 146 Å². The molecule has 0 spiro atoms. The van der Waals surface area contributed by atoms with Crippen LogP contribution in [0.15, 0.2) is 23.1 Å². The fraction of sp³-hybridized carbons (Fsp3) is 0.474. The van der Waals surface area contributed by atoms with Crippen molar-refractivity contribution in [1.29, 1.82) is 0 Å². The molecule has 4 nitrogen and oxygen atoms in total. The number of aryl methyl sites for hydroxylation is 2. The van der Waals surface area contributed by atoms with Gasteiger partial charge in [0.15, 0.2) is 5.78 Å². The summed E-state index contributed by atoms with van der Waals surface area (Å²) in [6, 6.07) is 3.83. The zero-order valence-electron chi connectivity index (χ0n) is 14.6. The third-order valence-corrected chi connectivity index (χ3v) is 6.04. The number of carbonyl (C=O) groups excluding carboxylic acids is 1. The van der Waals surface area contributed by atoms with Gasteiger partial charge in [0.05, 0.1) is 5.38 Å². The van der Waals surface area contributed by atoms with Gasteiger partial charge in [-0.25, -0.2) is 0 Å². The van der Waals surface area contributed by atoms with Crippen LogP contribution in [-0.2, 0) is 13.0 Å². The minimum Gasteiger partial charge on any atom is -0.302 e. The van der Waals surface area contributed by atoms with Crippen LogP contribution in [0.1, 0.15) is 65.2 Å². The first-order chi connectivity index (χ1) is 11.3. The van der Waals surface area contributed by atoms with Gasteiger partial charge in [-0.1, -0.05) is 26.0 Å². The maximum atomic E-state index is 12.9. The van der Waals surface area contributed by atoms with Crippen molar-refractivity contribution in [3.63, 3.8) is 0 Å². The lowest BCUT2D eigenvalue weighted by Crippen LogP contribution is -2.27. The van der Waals surface area contributed by atoms with Gasteiger partial charge in [-0.05, 0) is 48.8 Å². The molecule has 0 saturated heterocycles. The van der Waals surface area contributed by atoms with E-state index in [-0.39, 0.29) is 27.7 Å². The van der Waals surface area contributed by atoms with Gasteiger partial charge in [-0.3, -0.25) is 14.3 Å². The molecule has 0 amide bonds. The van der Waals surface area contributed by atoms with Gasteiger partial charge in [0.25, 0.3) is 5.56 Å². The van der Waals surface area contributed by atoms with E-state index in [2.05, 4.69) is 18.9 Å². The molecule has 1 unspecified atom stereocenters. The van der Waals surface area contributed by atoms with E-state index in [9.17, 15) is 9.59 Å². The number of alkyl halides is 1. The fourth-order valence-corrected chi connectivity index (χ4v) is 3.94. The van der Waals surface area contributed by atoms with Crippen LogP contribution in [-0.4, -0.2) is 15.6 Å². The van der Waals surface area contributed by atoms with E-state index in [0.717, 1.165) is 24.0 Å². The van der Waals surface area contributed by atoms with Crippen LogP contribution in [0.3, 0.4) is 0 Å². The number of ketones is 1. The van der Waals surface area contributed by atoms with E-state index in [1.165, 1.54) is 16.4 Å². The first kappa shape index (κ1) is 17.0. The third-order valence-electron chi connectivity index (χ3n) is 5.23. The minimum absolute atomic E-state index is 0.00992. The zero-order chi connectivity index (χ0) is 17.6. The lowest BCUT2D eigenvalue weighted by molar-refractivity contribution is 0.103. The SMILES string of the molecule is CCn1[nH]cc(C(=O)c2ccc3c(c2C)C(Cl)C(C)(C)CC3)c1=O. The number of halogens is 1. The molecule has 128 valence electrons. The molecule has 0 fully saturated rings. The predicted octanol–water partition coefficient (Wildman–Crippen LogP) is 3.99. The molecule has 1 heterocycles. The second kappa shape index (κ2) is 5.92. The van der Waals surface area contributed by atoms with Crippen LogP contribution in [0, 0.1) is 12.3 Å². The van der Waals surface area contributed by atoms with E-state index in [1.807, 2.05) is 26.0 Å². The highest BCUT2D eigenvalue weighted by Gasteiger charge is 2.36. The van der Waals surface area contributed by atoms with Gasteiger partial charge in [-0.15, -0.1) is 11.6 Å². The Hall–Kier alpha value is -1.81. The second-order valence-corrected chi connectivity index (χ2v) is 7.66. The molecule has 5 heteroatoms. The zero-order valence-corrected chi connectivity index (χ0v) is 15.3. The first-order valence-corrected chi connectivity index (χ1v) is 8.81. The van der Waals surface area contributed by atoms with Crippen molar-refractivity contribution < 1.29 is 4.79 Å². The Bertz CT molecular complexity index is 861. The summed E-state index contributed by atoms with van der Waals surface area (Å²) in [5.74, 6) is -0.240. The van der Waals surface area contributed by atoms with Gasteiger partial charge >= 0.3 is 0 Å². The van der Waals surface area contributed by atoms with E-state index in [4.69, 9.17) is 11.6 Å². The molecule has 0 aliphatic heterocycles. The summed E-state index contributed by atoms with van der Waals surface area (Å²) in [6.45, 7) is 8.62. The van der Waals surface area contributed by atoms with Gasteiger partial charge in [0, 0.05) is 18.3 Å². The average Bonchev–Trinajstić information content (AvgIpc) is 2.91. The van der Waals surface area contributed by atoms with E-state index < -0.39 is 0 Å². The van der Waals surface area contributed by atoms with Crippen molar-refractivity contribution >= 4 is 17.4 Å². The fourth-order valence-electron chi connectivity index (χ4n) is 3.53. The number of nitrogens with zero attached hydrogens (tertiary/aromatic N) is 1. The molecule has 1 aliphatic carbocycles. The van der Waals surface area contributed by atoms with Crippen LogP contribution >= 0.6 is 11.6 Å². The molecule has 24 heavy (non-hydrogen) atoms. The molecule has 0 saturated carbocycles. The van der Waals surface area contributed by atoms with Gasteiger partial charge in [-0.2, -0.15) is 0 Å². The van der Waals surface area contributed by atoms with Gasteiger partial charge in [0.2, 0.25) is 0 Å². The molecular weight excluding hydrogens is 324 g/mol. The third kappa shape index (κ3) is 2.53. The number of rotatable bonds is 3. The van der Waals surface area contributed by atoms with Crippen molar-refractivity contribution in [1.82, 2.24) is 9.78 Å². The minimum atomic E-state index is -0.276. The highest BCUT2D eigenvalue weighted by atomic mass is 35.5. The average molecular weight is 347 g/mol. The number of hydrogen-bond donors (Lipinski definition) is 1. The first-order valence-electron chi connectivity index (χ1n) is 8.37. The summed E-state index contributed by atoms with van der Waals surface area (Å²) in [4.78, 5) is 25.2. The molecular formula is C19H23ClN2O2. The monoisotopic (exact) mass is 346 g/mol.